The average Bonchev–Trinajstić information content (AvgIpc) is 2.30. The Hall–Kier alpha value is -0.580. The zero-order chi connectivity index (χ0) is 12.8. The summed E-state index contributed by atoms with van der Waals surface area (Å²) >= 11 is 9.29. The van der Waals surface area contributed by atoms with Crippen molar-refractivity contribution in [3.63, 3.8) is 0 Å². The number of hydrogen-bond donors (Lipinski definition) is 1. The standard InChI is InChI=1S/C12H16BrClN2O/c1-3-16(2)12(17)8-15-7-9-4-5-10(14)6-11(9)13/h4-6,15H,3,7-8H2,1-2H3. The number of nitrogens with zero attached hydrogens (tertiary/aromatic N) is 1. The number of amides is 1. The number of likely N-dealkylation sites (N-methyl/N-ethyl adjacent to an activating group) is 1. The molecular formula is C12H16BrClN2O. The second kappa shape index (κ2) is 6.99. The first-order valence-electron chi connectivity index (χ1n) is 5.43. The maximum Gasteiger partial charge on any atom is 0.236 e. The largest absolute Gasteiger partial charge is 0.345 e. The summed E-state index contributed by atoms with van der Waals surface area (Å²) in [6.45, 7) is 3.67. The van der Waals surface area contributed by atoms with Gasteiger partial charge < -0.3 is 10.2 Å². The number of nitrogens with one attached hydrogen (secondary N) is 1. The van der Waals surface area contributed by atoms with E-state index >= 15 is 0 Å². The van der Waals surface area contributed by atoms with Crippen LogP contribution < -0.4 is 5.32 Å². The SMILES string of the molecule is CCN(C)C(=O)CNCc1ccc(Cl)cc1Br. The number of rotatable bonds is 5. The lowest BCUT2D eigenvalue weighted by Crippen LogP contribution is -2.35. The molecule has 0 spiro atoms. The van der Waals surface area contributed by atoms with Crippen LogP contribution in [0.4, 0.5) is 0 Å². The Balaban J connectivity index is 2.43. The highest BCUT2D eigenvalue weighted by Gasteiger charge is 2.06. The van der Waals surface area contributed by atoms with Crippen molar-refractivity contribution in [1.29, 1.82) is 0 Å². The number of benzene rings is 1. The zero-order valence-corrected chi connectivity index (χ0v) is 12.3. The molecule has 0 radical (unpaired) electrons. The van der Waals surface area contributed by atoms with E-state index in [4.69, 9.17) is 11.6 Å². The first-order valence-corrected chi connectivity index (χ1v) is 6.60. The van der Waals surface area contributed by atoms with Crippen molar-refractivity contribution in [3.05, 3.63) is 33.3 Å². The van der Waals surface area contributed by atoms with Crippen molar-refractivity contribution in [1.82, 2.24) is 10.2 Å². The van der Waals surface area contributed by atoms with Gasteiger partial charge in [-0.1, -0.05) is 33.6 Å². The van der Waals surface area contributed by atoms with Gasteiger partial charge in [0.05, 0.1) is 6.54 Å². The summed E-state index contributed by atoms with van der Waals surface area (Å²) in [7, 11) is 1.79. The van der Waals surface area contributed by atoms with Crippen LogP contribution in [0.5, 0.6) is 0 Å². The molecule has 0 atom stereocenters. The summed E-state index contributed by atoms with van der Waals surface area (Å²) in [6, 6.07) is 5.62. The molecule has 0 aliphatic rings. The second-order valence-electron chi connectivity index (χ2n) is 3.75. The molecule has 0 aliphatic carbocycles. The number of carbonyl (C=O) groups excluding carboxylic acids is 1. The minimum Gasteiger partial charge on any atom is -0.345 e. The van der Waals surface area contributed by atoms with Gasteiger partial charge in [-0.25, -0.2) is 0 Å². The highest BCUT2D eigenvalue weighted by atomic mass is 79.9. The Labute approximate surface area is 115 Å². The molecule has 5 heteroatoms. The smallest absolute Gasteiger partial charge is 0.236 e. The van der Waals surface area contributed by atoms with Gasteiger partial charge in [0.25, 0.3) is 0 Å². The van der Waals surface area contributed by atoms with Crippen LogP contribution in [-0.4, -0.2) is 30.9 Å². The molecule has 1 aromatic carbocycles. The number of hydrogen-bond acceptors (Lipinski definition) is 2. The molecule has 1 N–H and O–H groups in total. The molecule has 1 amide bonds. The van der Waals surface area contributed by atoms with Crippen LogP contribution in [0.1, 0.15) is 12.5 Å². The van der Waals surface area contributed by atoms with Gasteiger partial charge in [-0.05, 0) is 24.6 Å². The molecule has 1 aromatic rings. The predicted molar refractivity (Wildman–Crippen MR) is 74.2 cm³/mol. The molecule has 0 saturated carbocycles. The molecule has 0 aromatic heterocycles. The zero-order valence-electron chi connectivity index (χ0n) is 9.96. The first-order chi connectivity index (χ1) is 8.04. The van der Waals surface area contributed by atoms with Crippen molar-refractivity contribution in [2.45, 2.75) is 13.5 Å². The first kappa shape index (κ1) is 14.5. The third-order valence-corrected chi connectivity index (χ3v) is 3.48. The third kappa shape index (κ3) is 4.66. The van der Waals surface area contributed by atoms with E-state index in [1.807, 2.05) is 25.1 Å². The fraction of sp³-hybridized carbons (Fsp3) is 0.417. The van der Waals surface area contributed by atoms with Gasteiger partial charge in [0.2, 0.25) is 5.91 Å². The molecule has 3 nitrogen and oxygen atoms in total. The van der Waals surface area contributed by atoms with Gasteiger partial charge in [0.1, 0.15) is 0 Å². The van der Waals surface area contributed by atoms with E-state index in [0.717, 1.165) is 16.6 Å². The maximum absolute atomic E-state index is 11.5. The average molecular weight is 320 g/mol. The summed E-state index contributed by atoms with van der Waals surface area (Å²) in [5, 5.41) is 3.81. The van der Waals surface area contributed by atoms with Gasteiger partial charge in [0, 0.05) is 29.6 Å². The molecule has 0 heterocycles. The van der Waals surface area contributed by atoms with E-state index in [1.54, 1.807) is 11.9 Å². The van der Waals surface area contributed by atoms with E-state index < -0.39 is 0 Å². The predicted octanol–water partition coefficient (Wildman–Crippen LogP) is 2.67. The lowest BCUT2D eigenvalue weighted by Gasteiger charge is -2.15. The van der Waals surface area contributed by atoms with Crippen molar-refractivity contribution in [2.75, 3.05) is 20.1 Å². The normalized spacial score (nSPS) is 10.4. The minimum absolute atomic E-state index is 0.0950. The summed E-state index contributed by atoms with van der Waals surface area (Å²) in [5.74, 6) is 0.0950. The molecule has 0 saturated heterocycles. The molecule has 17 heavy (non-hydrogen) atoms. The fourth-order valence-corrected chi connectivity index (χ4v) is 2.10. The highest BCUT2D eigenvalue weighted by molar-refractivity contribution is 9.10. The molecular weight excluding hydrogens is 304 g/mol. The molecule has 0 unspecified atom stereocenters. The van der Waals surface area contributed by atoms with Crippen LogP contribution in [-0.2, 0) is 11.3 Å². The van der Waals surface area contributed by atoms with E-state index in [0.29, 0.717) is 18.1 Å². The van der Waals surface area contributed by atoms with E-state index in [-0.39, 0.29) is 5.91 Å². The highest BCUT2D eigenvalue weighted by Crippen LogP contribution is 2.21. The Morgan fingerprint density at radius 2 is 2.24 bits per heavy atom. The molecule has 0 bridgehead atoms. The molecule has 1 rings (SSSR count). The topological polar surface area (TPSA) is 32.3 Å². The van der Waals surface area contributed by atoms with Gasteiger partial charge >= 0.3 is 0 Å². The second-order valence-corrected chi connectivity index (χ2v) is 5.04. The maximum atomic E-state index is 11.5. The minimum atomic E-state index is 0.0950. The van der Waals surface area contributed by atoms with Crippen LogP contribution >= 0.6 is 27.5 Å². The third-order valence-electron chi connectivity index (χ3n) is 2.51. The van der Waals surface area contributed by atoms with Crippen molar-refractivity contribution in [3.8, 4) is 0 Å². The van der Waals surface area contributed by atoms with Crippen molar-refractivity contribution >= 4 is 33.4 Å². The van der Waals surface area contributed by atoms with E-state index in [9.17, 15) is 4.79 Å². The van der Waals surface area contributed by atoms with Crippen LogP contribution in [0.3, 0.4) is 0 Å². The Kier molecular flexibility index (Phi) is 5.95. The van der Waals surface area contributed by atoms with Crippen LogP contribution in [0.2, 0.25) is 5.02 Å². The summed E-state index contributed by atoms with van der Waals surface area (Å²) in [4.78, 5) is 13.2. The van der Waals surface area contributed by atoms with Crippen molar-refractivity contribution < 1.29 is 4.79 Å². The van der Waals surface area contributed by atoms with Gasteiger partial charge in [0.15, 0.2) is 0 Å². The van der Waals surface area contributed by atoms with E-state index in [1.165, 1.54) is 0 Å². The van der Waals surface area contributed by atoms with Gasteiger partial charge in [-0.2, -0.15) is 0 Å². The Morgan fingerprint density at radius 1 is 1.53 bits per heavy atom. The quantitative estimate of drug-likeness (QED) is 0.905. The Morgan fingerprint density at radius 3 is 2.82 bits per heavy atom. The molecule has 0 aliphatic heterocycles. The lowest BCUT2D eigenvalue weighted by molar-refractivity contribution is -0.128. The number of halogens is 2. The summed E-state index contributed by atoms with van der Waals surface area (Å²) < 4.78 is 0.953. The fourth-order valence-electron chi connectivity index (χ4n) is 1.28. The monoisotopic (exact) mass is 318 g/mol. The number of carbonyl (C=O) groups is 1. The lowest BCUT2D eigenvalue weighted by atomic mass is 10.2. The summed E-state index contributed by atoms with van der Waals surface area (Å²) in [6.07, 6.45) is 0. The molecule has 0 fully saturated rings. The van der Waals surface area contributed by atoms with Crippen LogP contribution in [0.25, 0.3) is 0 Å². The molecule has 94 valence electrons. The van der Waals surface area contributed by atoms with E-state index in [2.05, 4.69) is 21.2 Å². The Bertz CT molecular complexity index is 398. The van der Waals surface area contributed by atoms with Crippen molar-refractivity contribution in [2.24, 2.45) is 0 Å². The van der Waals surface area contributed by atoms with Gasteiger partial charge in [-0.3, -0.25) is 4.79 Å². The van der Waals surface area contributed by atoms with Gasteiger partial charge in [-0.15, -0.1) is 0 Å². The summed E-state index contributed by atoms with van der Waals surface area (Å²) in [5.41, 5.74) is 1.08. The van der Waals surface area contributed by atoms with Crippen LogP contribution in [0.15, 0.2) is 22.7 Å². The van der Waals surface area contributed by atoms with Crippen LogP contribution in [0, 0.1) is 0 Å².